The number of rotatable bonds is 6. The maximum Gasteiger partial charge on any atom is 0.216 e. The first-order valence-corrected chi connectivity index (χ1v) is 9.95. The van der Waals surface area contributed by atoms with Crippen molar-refractivity contribution in [3.63, 3.8) is 0 Å². The van der Waals surface area contributed by atoms with Gasteiger partial charge in [0, 0.05) is 24.8 Å². The van der Waals surface area contributed by atoms with Crippen LogP contribution in [-0.4, -0.2) is 44.7 Å². The van der Waals surface area contributed by atoms with E-state index >= 15 is 0 Å². The van der Waals surface area contributed by atoms with Gasteiger partial charge >= 0.3 is 0 Å². The van der Waals surface area contributed by atoms with Gasteiger partial charge in [0.2, 0.25) is 10.0 Å². The van der Waals surface area contributed by atoms with E-state index in [1.807, 2.05) is 13.0 Å². The van der Waals surface area contributed by atoms with Crippen molar-refractivity contribution in [2.45, 2.75) is 19.2 Å². The van der Waals surface area contributed by atoms with E-state index in [-0.39, 0.29) is 12.3 Å². The van der Waals surface area contributed by atoms with Gasteiger partial charge in [-0.05, 0) is 24.6 Å². The Morgan fingerprint density at radius 2 is 1.88 bits per heavy atom. The Morgan fingerprint density at radius 1 is 1.19 bits per heavy atom. The molecule has 1 N–H and O–H groups in total. The van der Waals surface area contributed by atoms with Crippen LogP contribution in [0, 0.1) is 12.7 Å². The molecule has 1 saturated heterocycles. The molecule has 1 aromatic heterocycles. The van der Waals surface area contributed by atoms with E-state index in [1.165, 1.54) is 24.3 Å². The van der Waals surface area contributed by atoms with Gasteiger partial charge in [0.15, 0.2) is 0 Å². The van der Waals surface area contributed by atoms with Crippen molar-refractivity contribution < 1.29 is 17.5 Å². The molecule has 26 heavy (non-hydrogen) atoms. The molecular formula is C17H21FN4O3S. The zero-order valence-electron chi connectivity index (χ0n) is 14.5. The zero-order chi connectivity index (χ0) is 18.6. The van der Waals surface area contributed by atoms with Crippen molar-refractivity contribution in [2.75, 3.05) is 31.2 Å². The lowest BCUT2D eigenvalue weighted by Gasteiger charge is -2.28. The third-order valence-electron chi connectivity index (χ3n) is 3.94. The Hall–Kier alpha value is -2.10. The number of aryl methyl sites for hydroxylation is 1. The number of benzene rings is 1. The Morgan fingerprint density at radius 3 is 2.58 bits per heavy atom. The highest BCUT2D eigenvalue weighted by molar-refractivity contribution is 7.88. The Balaban J connectivity index is 1.66. The molecule has 7 nitrogen and oxygen atoms in total. The zero-order valence-corrected chi connectivity index (χ0v) is 15.3. The van der Waals surface area contributed by atoms with Crippen LogP contribution in [0.3, 0.4) is 0 Å². The van der Waals surface area contributed by atoms with Crippen LogP contribution in [0.2, 0.25) is 0 Å². The monoisotopic (exact) mass is 380 g/mol. The molecule has 1 aliphatic heterocycles. The number of morpholine rings is 1. The highest BCUT2D eigenvalue weighted by Crippen LogP contribution is 2.14. The number of halogens is 1. The standard InChI is InChI=1S/C17H21FN4O3S/c1-13-10-17(22-6-8-25-9-7-22)21-16(20-13)11-19-26(23,24)12-14-2-4-15(18)5-3-14/h2-5,10,19H,6-9,11-12H2,1H3. The predicted molar refractivity (Wildman–Crippen MR) is 95.7 cm³/mol. The van der Waals surface area contributed by atoms with Gasteiger partial charge in [0.25, 0.3) is 0 Å². The van der Waals surface area contributed by atoms with Gasteiger partial charge in [0.1, 0.15) is 17.5 Å². The summed E-state index contributed by atoms with van der Waals surface area (Å²) in [6.45, 7) is 4.62. The third kappa shape index (κ3) is 5.20. The second-order valence-corrected chi connectivity index (χ2v) is 7.90. The third-order valence-corrected chi connectivity index (χ3v) is 5.24. The summed E-state index contributed by atoms with van der Waals surface area (Å²) in [6, 6.07) is 7.26. The summed E-state index contributed by atoms with van der Waals surface area (Å²) in [4.78, 5) is 10.9. The van der Waals surface area contributed by atoms with Crippen molar-refractivity contribution in [1.82, 2.24) is 14.7 Å². The van der Waals surface area contributed by atoms with Gasteiger partial charge in [-0.15, -0.1) is 0 Å². The molecule has 0 unspecified atom stereocenters. The maximum absolute atomic E-state index is 12.9. The van der Waals surface area contributed by atoms with E-state index in [4.69, 9.17) is 4.74 Å². The van der Waals surface area contributed by atoms with Crippen molar-refractivity contribution in [1.29, 1.82) is 0 Å². The van der Waals surface area contributed by atoms with Gasteiger partial charge in [-0.2, -0.15) is 0 Å². The Bertz CT molecular complexity index is 853. The SMILES string of the molecule is Cc1cc(N2CCOCC2)nc(CNS(=O)(=O)Cc2ccc(F)cc2)n1. The van der Waals surface area contributed by atoms with Gasteiger partial charge in [-0.25, -0.2) is 27.5 Å². The van der Waals surface area contributed by atoms with E-state index in [9.17, 15) is 12.8 Å². The lowest BCUT2D eigenvalue weighted by atomic mass is 10.2. The second kappa shape index (κ2) is 8.07. The first-order chi connectivity index (χ1) is 12.4. The van der Waals surface area contributed by atoms with Crippen molar-refractivity contribution >= 4 is 15.8 Å². The van der Waals surface area contributed by atoms with E-state index in [1.54, 1.807) is 0 Å². The summed E-state index contributed by atoms with van der Waals surface area (Å²) < 4.78 is 45.3. The minimum absolute atomic E-state index is 0.00253. The van der Waals surface area contributed by atoms with Gasteiger partial charge in [-0.3, -0.25) is 0 Å². The van der Waals surface area contributed by atoms with Crippen LogP contribution >= 0.6 is 0 Å². The fourth-order valence-corrected chi connectivity index (χ4v) is 3.75. The lowest BCUT2D eigenvalue weighted by molar-refractivity contribution is 0.122. The van der Waals surface area contributed by atoms with E-state index < -0.39 is 15.8 Å². The average molecular weight is 380 g/mol. The highest BCUT2D eigenvalue weighted by Gasteiger charge is 2.16. The van der Waals surface area contributed by atoms with E-state index in [2.05, 4.69) is 19.6 Å². The highest BCUT2D eigenvalue weighted by atomic mass is 32.2. The largest absolute Gasteiger partial charge is 0.378 e. The fourth-order valence-electron chi connectivity index (χ4n) is 2.67. The van der Waals surface area contributed by atoms with Crippen LogP contribution in [0.5, 0.6) is 0 Å². The molecule has 1 fully saturated rings. The van der Waals surface area contributed by atoms with Crippen LogP contribution in [0.1, 0.15) is 17.1 Å². The fraction of sp³-hybridized carbons (Fsp3) is 0.412. The Kier molecular flexibility index (Phi) is 5.80. The molecule has 140 valence electrons. The van der Waals surface area contributed by atoms with Crippen LogP contribution in [-0.2, 0) is 27.1 Å². The number of nitrogens with one attached hydrogen (secondary N) is 1. The van der Waals surface area contributed by atoms with Crippen molar-refractivity contribution in [2.24, 2.45) is 0 Å². The second-order valence-electron chi connectivity index (χ2n) is 6.09. The molecule has 0 aliphatic carbocycles. The number of aromatic nitrogens is 2. The summed E-state index contributed by atoms with van der Waals surface area (Å²) in [5, 5.41) is 0. The number of nitrogens with zero attached hydrogens (tertiary/aromatic N) is 3. The molecule has 0 bridgehead atoms. The molecule has 9 heteroatoms. The first kappa shape index (κ1) is 18.7. The number of sulfonamides is 1. The number of ether oxygens (including phenoxy) is 1. The summed E-state index contributed by atoms with van der Waals surface area (Å²) in [5.74, 6) is 0.556. The normalized spacial score (nSPS) is 15.2. The van der Waals surface area contributed by atoms with Crippen LogP contribution < -0.4 is 9.62 Å². The minimum Gasteiger partial charge on any atom is -0.378 e. The predicted octanol–water partition coefficient (Wildman–Crippen LogP) is 1.38. The van der Waals surface area contributed by atoms with Crippen LogP contribution in [0.15, 0.2) is 30.3 Å². The first-order valence-electron chi connectivity index (χ1n) is 8.30. The van der Waals surface area contributed by atoms with Crippen molar-refractivity contribution in [3.8, 4) is 0 Å². The minimum atomic E-state index is -3.58. The average Bonchev–Trinajstić information content (AvgIpc) is 2.62. The van der Waals surface area contributed by atoms with Crippen LogP contribution in [0.4, 0.5) is 10.2 Å². The molecule has 0 radical (unpaired) electrons. The summed E-state index contributed by atoms with van der Waals surface area (Å²) in [7, 11) is -3.58. The Labute approximate surface area is 152 Å². The molecule has 0 spiro atoms. The van der Waals surface area contributed by atoms with Crippen molar-refractivity contribution in [3.05, 3.63) is 53.2 Å². The molecule has 1 aliphatic rings. The topological polar surface area (TPSA) is 84.4 Å². The summed E-state index contributed by atoms with van der Waals surface area (Å²) in [6.07, 6.45) is 0. The maximum atomic E-state index is 12.9. The molecule has 2 heterocycles. The molecule has 0 amide bonds. The summed E-state index contributed by atoms with van der Waals surface area (Å²) in [5.41, 5.74) is 1.28. The van der Waals surface area contributed by atoms with Gasteiger partial charge < -0.3 is 9.64 Å². The molecule has 0 atom stereocenters. The van der Waals surface area contributed by atoms with Crippen LogP contribution in [0.25, 0.3) is 0 Å². The molecular weight excluding hydrogens is 359 g/mol. The smallest absolute Gasteiger partial charge is 0.216 e. The van der Waals surface area contributed by atoms with Gasteiger partial charge in [0.05, 0.1) is 25.5 Å². The molecule has 1 aromatic carbocycles. The molecule has 3 rings (SSSR count). The number of hydrogen-bond acceptors (Lipinski definition) is 6. The lowest BCUT2D eigenvalue weighted by Crippen LogP contribution is -2.37. The van der Waals surface area contributed by atoms with Gasteiger partial charge in [-0.1, -0.05) is 12.1 Å². The number of hydrogen-bond donors (Lipinski definition) is 1. The number of anilines is 1. The van der Waals surface area contributed by atoms with E-state index in [0.29, 0.717) is 24.6 Å². The molecule has 0 saturated carbocycles. The van der Waals surface area contributed by atoms with E-state index in [0.717, 1.165) is 24.6 Å². The molecule has 2 aromatic rings. The summed E-state index contributed by atoms with van der Waals surface area (Å²) >= 11 is 0. The quantitative estimate of drug-likeness (QED) is 0.815.